The highest BCUT2D eigenvalue weighted by Gasteiger charge is 2.37. The summed E-state index contributed by atoms with van der Waals surface area (Å²) in [6.45, 7) is 2.37. The molecule has 3 unspecified atom stereocenters. The molecule has 3 aromatic carbocycles. The lowest BCUT2D eigenvalue weighted by Gasteiger charge is -2.37. The fourth-order valence-corrected chi connectivity index (χ4v) is 5.57. The van der Waals surface area contributed by atoms with Gasteiger partial charge < -0.3 is 30.9 Å². The first-order valence-electron chi connectivity index (χ1n) is 15.5. The molecule has 12 heteroatoms. The highest BCUT2D eigenvalue weighted by Crippen LogP contribution is 2.30. The van der Waals surface area contributed by atoms with Gasteiger partial charge in [0.25, 0.3) is 5.91 Å². The van der Waals surface area contributed by atoms with Gasteiger partial charge in [0.05, 0.1) is 19.1 Å². The minimum atomic E-state index is -1.03. The Morgan fingerprint density at radius 1 is 0.894 bits per heavy atom. The maximum Gasteiger partial charge on any atom is 0.289 e. The molecule has 0 aromatic heterocycles. The Labute approximate surface area is 272 Å². The van der Waals surface area contributed by atoms with Gasteiger partial charge in [0, 0.05) is 19.4 Å². The SMILES string of the molecule is CC1NC(=O)CCc2ccc(cc2)Oc2ccc3c(c2)CN(C1=O)C(C(=O)NCC(=O)C(=O)NCC(=O)NC(C)c1ccccc1)C3. The Morgan fingerprint density at radius 2 is 1.62 bits per heavy atom. The number of fused-ring (bicyclic) bond motifs is 7. The van der Waals surface area contributed by atoms with E-state index in [1.54, 1.807) is 19.9 Å². The van der Waals surface area contributed by atoms with Crippen molar-refractivity contribution >= 4 is 35.3 Å². The molecular weight excluding hydrogens is 602 g/mol. The molecule has 0 saturated carbocycles. The number of ketones is 1. The molecule has 3 heterocycles. The highest BCUT2D eigenvalue weighted by molar-refractivity contribution is 6.37. The van der Waals surface area contributed by atoms with E-state index in [0.29, 0.717) is 17.9 Å². The van der Waals surface area contributed by atoms with E-state index < -0.39 is 54.6 Å². The normalized spacial score (nSPS) is 18.0. The van der Waals surface area contributed by atoms with E-state index in [0.717, 1.165) is 22.3 Å². The largest absolute Gasteiger partial charge is 0.457 e. The molecule has 3 atom stereocenters. The van der Waals surface area contributed by atoms with Crippen molar-refractivity contribution in [2.45, 2.75) is 57.8 Å². The molecule has 12 nitrogen and oxygen atoms in total. The van der Waals surface area contributed by atoms with E-state index in [1.807, 2.05) is 66.7 Å². The predicted molar refractivity (Wildman–Crippen MR) is 171 cm³/mol. The summed E-state index contributed by atoms with van der Waals surface area (Å²) in [4.78, 5) is 78.4. The number of hydrogen-bond acceptors (Lipinski definition) is 7. The van der Waals surface area contributed by atoms with Crippen molar-refractivity contribution in [1.29, 1.82) is 0 Å². The van der Waals surface area contributed by atoms with E-state index in [9.17, 15) is 28.8 Å². The molecule has 3 aliphatic heterocycles. The van der Waals surface area contributed by atoms with E-state index in [1.165, 1.54) is 4.90 Å². The topological polar surface area (TPSA) is 163 Å². The van der Waals surface area contributed by atoms with Crippen LogP contribution in [0.4, 0.5) is 0 Å². The summed E-state index contributed by atoms with van der Waals surface area (Å²) in [5, 5.41) is 10.2. The van der Waals surface area contributed by atoms with Crippen LogP contribution in [-0.4, -0.2) is 65.4 Å². The molecule has 6 rings (SSSR count). The van der Waals surface area contributed by atoms with Gasteiger partial charge in [0.15, 0.2) is 0 Å². The Kier molecular flexibility index (Phi) is 10.3. The number of hydrogen-bond donors (Lipinski definition) is 4. The fourth-order valence-electron chi connectivity index (χ4n) is 5.57. The third kappa shape index (κ3) is 8.40. The zero-order chi connectivity index (χ0) is 33.5. The zero-order valence-corrected chi connectivity index (χ0v) is 26.2. The Balaban J connectivity index is 1.23. The number of amides is 5. The summed E-state index contributed by atoms with van der Waals surface area (Å²) >= 11 is 0. The number of Topliss-reactive ketones (excluding diaryl/α,β-unsaturated/α-hetero) is 1. The van der Waals surface area contributed by atoms with Gasteiger partial charge in [-0.3, -0.25) is 28.8 Å². The summed E-state index contributed by atoms with van der Waals surface area (Å²) in [7, 11) is 0. The van der Waals surface area contributed by atoms with Crippen LogP contribution in [0.5, 0.6) is 11.5 Å². The van der Waals surface area contributed by atoms with Gasteiger partial charge in [0.2, 0.25) is 29.4 Å². The Bertz CT molecular complexity index is 1680. The summed E-state index contributed by atoms with van der Waals surface area (Å²) in [5.74, 6) is -2.67. The minimum absolute atomic E-state index is 0.0630. The third-order valence-electron chi connectivity index (χ3n) is 8.20. The van der Waals surface area contributed by atoms with Crippen LogP contribution in [-0.2, 0) is 48.2 Å². The lowest BCUT2D eigenvalue weighted by Crippen LogP contribution is -2.57. The highest BCUT2D eigenvalue weighted by atomic mass is 16.5. The first kappa shape index (κ1) is 32.9. The van der Waals surface area contributed by atoms with Gasteiger partial charge in [-0.2, -0.15) is 0 Å². The first-order chi connectivity index (χ1) is 22.6. The van der Waals surface area contributed by atoms with Crippen molar-refractivity contribution in [2.75, 3.05) is 13.1 Å². The standard InChI is InChI=1S/C35H37N5O7/c1-21(24-6-4-3-5-7-24)38-32(43)19-37-34(45)30(41)18-36-33(44)29-17-25-11-14-28-16-26(25)20-40(29)35(46)22(2)39-31(42)15-10-23-8-12-27(47-28)13-9-23/h3-9,11-14,16,21-22,29H,10,15,17-20H2,1-2H3,(H,36,44)(H,37,45)(H,38,43)(H,39,42). The van der Waals surface area contributed by atoms with Crippen LogP contribution in [0.15, 0.2) is 72.8 Å². The molecule has 3 aliphatic rings. The summed E-state index contributed by atoms with van der Waals surface area (Å²) in [6, 6.07) is 19.9. The second-order valence-corrected chi connectivity index (χ2v) is 11.7. The molecule has 0 aliphatic carbocycles. The second kappa shape index (κ2) is 14.7. The van der Waals surface area contributed by atoms with Crippen molar-refractivity contribution in [3.63, 3.8) is 0 Å². The number of aryl methyl sites for hydroxylation is 1. The van der Waals surface area contributed by atoms with E-state index in [-0.39, 0.29) is 31.3 Å². The van der Waals surface area contributed by atoms with Crippen LogP contribution in [0.2, 0.25) is 0 Å². The molecule has 0 spiro atoms. The fraction of sp³-hybridized carbons (Fsp3) is 0.314. The van der Waals surface area contributed by atoms with Gasteiger partial charge in [-0.25, -0.2) is 0 Å². The van der Waals surface area contributed by atoms with Gasteiger partial charge in [-0.15, -0.1) is 0 Å². The molecule has 0 radical (unpaired) electrons. The molecule has 5 bridgehead atoms. The lowest BCUT2D eigenvalue weighted by molar-refractivity contribution is -0.144. The van der Waals surface area contributed by atoms with Gasteiger partial charge in [0.1, 0.15) is 23.6 Å². The van der Waals surface area contributed by atoms with Crippen LogP contribution < -0.4 is 26.0 Å². The van der Waals surface area contributed by atoms with Crippen molar-refractivity contribution in [1.82, 2.24) is 26.2 Å². The van der Waals surface area contributed by atoms with Crippen molar-refractivity contribution in [2.24, 2.45) is 0 Å². The van der Waals surface area contributed by atoms with Crippen molar-refractivity contribution in [3.05, 3.63) is 95.1 Å². The molecule has 5 amide bonds. The molecule has 0 fully saturated rings. The maximum atomic E-state index is 13.6. The number of rotatable bonds is 8. The number of carbonyl (C=O) groups excluding carboxylic acids is 6. The molecule has 3 aromatic rings. The monoisotopic (exact) mass is 639 g/mol. The minimum Gasteiger partial charge on any atom is -0.457 e. The zero-order valence-electron chi connectivity index (χ0n) is 26.2. The van der Waals surface area contributed by atoms with Crippen molar-refractivity contribution in [3.8, 4) is 11.5 Å². The van der Waals surface area contributed by atoms with Gasteiger partial charge in [-0.05, 0) is 66.8 Å². The maximum absolute atomic E-state index is 13.6. The average molecular weight is 640 g/mol. The molecule has 0 saturated heterocycles. The number of nitrogens with one attached hydrogen (secondary N) is 4. The summed E-state index contributed by atoms with van der Waals surface area (Å²) in [5.41, 5.74) is 3.42. The Hall–Kier alpha value is -5.52. The third-order valence-corrected chi connectivity index (χ3v) is 8.20. The van der Waals surface area contributed by atoms with Crippen LogP contribution >= 0.6 is 0 Å². The molecular formula is C35H37N5O7. The number of carbonyl (C=O) groups is 6. The smallest absolute Gasteiger partial charge is 0.289 e. The Morgan fingerprint density at radius 3 is 2.36 bits per heavy atom. The van der Waals surface area contributed by atoms with E-state index in [4.69, 9.17) is 4.74 Å². The quantitative estimate of drug-likeness (QED) is 0.274. The van der Waals surface area contributed by atoms with Crippen LogP contribution in [0.1, 0.15) is 48.6 Å². The molecule has 4 N–H and O–H groups in total. The van der Waals surface area contributed by atoms with E-state index in [2.05, 4.69) is 21.3 Å². The molecule has 244 valence electrons. The average Bonchev–Trinajstić information content (AvgIpc) is 3.08. The lowest BCUT2D eigenvalue weighted by atomic mass is 9.92. The van der Waals surface area contributed by atoms with Gasteiger partial charge in [-0.1, -0.05) is 48.5 Å². The van der Waals surface area contributed by atoms with Crippen LogP contribution in [0, 0.1) is 0 Å². The van der Waals surface area contributed by atoms with Crippen LogP contribution in [0.3, 0.4) is 0 Å². The van der Waals surface area contributed by atoms with E-state index >= 15 is 0 Å². The summed E-state index contributed by atoms with van der Waals surface area (Å²) in [6.07, 6.45) is 0.783. The number of benzene rings is 3. The van der Waals surface area contributed by atoms with Crippen LogP contribution in [0.25, 0.3) is 0 Å². The molecule has 47 heavy (non-hydrogen) atoms. The predicted octanol–water partition coefficient (Wildman–Crippen LogP) is 1.86. The second-order valence-electron chi connectivity index (χ2n) is 11.7. The summed E-state index contributed by atoms with van der Waals surface area (Å²) < 4.78 is 6.03. The number of ether oxygens (including phenoxy) is 1. The van der Waals surface area contributed by atoms with Crippen molar-refractivity contribution < 1.29 is 33.5 Å². The first-order valence-corrected chi connectivity index (χ1v) is 15.5. The number of nitrogens with zero attached hydrogens (tertiary/aromatic N) is 1. The van der Waals surface area contributed by atoms with Gasteiger partial charge >= 0.3 is 0 Å².